The van der Waals surface area contributed by atoms with Crippen LogP contribution in [0.2, 0.25) is 0 Å². The summed E-state index contributed by atoms with van der Waals surface area (Å²) in [7, 11) is 1.71. The van der Waals surface area contributed by atoms with Crippen LogP contribution in [0.5, 0.6) is 5.75 Å². The van der Waals surface area contributed by atoms with Crippen LogP contribution in [0.3, 0.4) is 0 Å². The SMILES string of the molecule is COc1ccc(CCN2CCCC2COC(c2ccccc2)c2ccccc2)cc1. The van der Waals surface area contributed by atoms with Gasteiger partial charge in [-0.3, -0.25) is 4.90 Å². The molecule has 156 valence electrons. The van der Waals surface area contributed by atoms with Crippen molar-refractivity contribution < 1.29 is 9.47 Å². The molecule has 0 amide bonds. The second-order valence-electron chi connectivity index (χ2n) is 7.96. The smallest absolute Gasteiger partial charge is 0.118 e. The number of methoxy groups -OCH3 is 1. The molecule has 1 aliphatic heterocycles. The molecule has 3 heteroatoms. The van der Waals surface area contributed by atoms with Crippen LogP contribution in [0.4, 0.5) is 0 Å². The Bertz CT molecular complexity index is 840. The zero-order chi connectivity index (χ0) is 20.6. The zero-order valence-corrected chi connectivity index (χ0v) is 17.7. The molecular formula is C27H31NO2. The van der Waals surface area contributed by atoms with Gasteiger partial charge in [-0.2, -0.15) is 0 Å². The van der Waals surface area contributed by atoms with Gasteiger partial charge in [-0.15, -0.1) is 0 Å². The molecule has 30 heavy (non-hydrogen) atoms. The first-order valence-electron chi connectivity index (χ1n) is 10.9. The summed E-state index contributed by atoms with van der Waals surface area (Å²) in [6.45, 7) is 2.99. The average molecular weight is 402 g/mol. The molecule has 1 heterocycles. The fourth-order valence-electron chi connectivity index (χ4n) is 4.29. The summed E-state index contributed by atoms with van der Waals surface area (Å²) in [6, 6.07) is 30.0. The summed E-state index contributed by atoms with van der Waals surface area (Å²) in [5, 5.41) is 0. The Morgan fingerprint density at radius 2 is 1.50 bits per heavy atom. The van der Waals surface area contributed by atoms with Crippen LogP contribution in [-0.2, 0) is 11.2 Å². The Labute approximate surface area is 180 Å². The summed E-state index contributed by atoms with van der Waals surface area (Å²) in [4.78, 5) is 2.59. The average Bonchev–Trinajstić information content (AvgIpc) is 3.27. The van der Waals surface area contributed by atoms with Crippen LogP contribution in [0.1, 0.15) is 35.6 Å². The van der Waals surface area contributed by atoms with E-state index in [-0.39, 0.29) is 6.10 Å². The van der Waals surface area contributed by atoms with E-state index in [1.165, 1.54) is 29.5 Å². The predicted molar refractivity (Wildman–Crippen MR) is 122 cm³/mol. The molecule has 1 saturated heterocycles. The van der Waals surface area contributed by atoms with Gasteiger partial charge in [0.15, 0.2) is 0 Å². The molecule has 0 N–H and O–H groups in total. The molecule has 0 bridgehead atoms. The molecule has 0 radical (unpaired) electrons. The number of likely N-dealkylation sites (tertiary alicyclic amines) is 1. The minimum atomic E-state index is -0.0172. The van der Waals surface area contributed by atoms with Crippen molar-refractivity contribution in [3.05, 3.63) is 102 Å². The lowest BCUT2D eigenvalue weighted by Crippen LogP contribution is -2.35. The fourth-order valence-corrected chi connectivity index (χ4v) is 4.29. The highest BCUT2D eigenvalue weighted by atomic mass is 16.5. The molecule has 1 atom stereocenters. The maximum atomic E-state index is 6.55. The number of hydrogen-bond donors (Lipinski definition) is 0. The summed E-state index contributed by atoms with van der Waals surface area (Å²) in [5.74, 6) is 0.916. The number of nitrogens with zero attached hydrogens (tertiary/aromatic N) is 1. The van der Waals surface area contributed by atoms with Crippen molar-refractivity contribution in [2.24, 2.45) is 0 Å². The highest BCUT2D eigenvalue weighted by molar-refractivity contribution is 5.30. The zero-order valence-electron chi connectivity index (χ0n) is 17.7. The molecule has 3 aromatic carbocycles. The van der Waals surface area contributed by atoms with Crippen molar-refractivity contribution in [1.82, 2.24) is 4.90 Å². The van der Waals surface area contributed by atoms with Gasteiger partial charge in [0.25, 0.3) is 0 Å². The van der Waals surface area contributed by atoms with E-state index in [1.54, 1.807) is 7.11 Å². The van der Waals surface area contributed by atoms with Gasteiger partial charge in [0, 0.05) is 12.6 Å². The van der Waals surface area contributed by atoms with Gasteiger partial charge in [0.1, 0.15) is 11.9 Å². The maximum Gasteiger partial charge on any atom is 0.118 e. The van der Waals surface area contributed by atoms with Crippen molar-refractivity contribution in [3.8, 4) is 5.75 Å². The number of ether oxygens (including phenoxy) is 2. The molecule has 1 fully saturated rings. The van der Waals surface area contributed by atoms with E-state index < -0.39 is 0 Å². The van der Waals surface area contributed by atoms with Gasteiger partial charge in [-0.25, -0.2) is 0 Å². The minimum Gasteiger partial charge on any atom is -0.497 e. The number of rotatable bonds is 9. The Balaban J connectivity index is 1.37. The monoisotopic (exact) mass is 401 g/mol. The van der Waals surface area contributed by atoms with Crippen molar-refractivity contribution in [2.45, 2.75) is 31.4 Å². The Kier molecular flexibility index (Phi) is 7.17. The van der Waals surface area contributed by atoms with E-state index in [0.717, 1.165) is 31.9 Å². The summed E-state index contributed by atoms with van der Waals surface area (Å²) >= 11 is 0. The molecule has 0 spiro atoms. The van der Waals surface area contributed by atoms with Crippen LogP contribution in [0.25, 0.3) is 0 Å². The van der Waals surface area contributed by atoms with Crippen molar-refractivity contribution in [2.75, 3.05) is 26.8 Å². The van der Waals surface area contributed by atoms with Crippen LogP contribution < -0.4 is 4.74 Å². The van der Waals surface area contributed by atoms with Crippen molar-refractivity contribution in [3.63, 3.8) is 0 Å². The van der Waals surface area contributed by atoms with E-state index in [4.69, 9.17) is 9.47 Å². The normalized spacial score (nSPS) is 16.8. The molecule has 4 rings (SSSR count). The third-order valence-corrected chi connectivity index (χ3v) is 6.01. The summed E-state index contributed by atoms with van der Waals surface area (Å²) in [6.07, 6.45) is 3.49. The van der Waals surface area contributed by atoms with Crippen molar-refractivity contribution >= 4 is 0 Å². The van der Waals surface area contributed by atoms with Crippen molar-refractivity contribution in [1.29, 1.82) is 0 Å². The highest BCUT2D eigenvalue weighted by Crippen LogP contribution is 2.28. The predicted octanol–water partition coefficient (Wildman–Crippen LogP) is 5.51. The maximum absolute atomic E-state index is 6.55. The van der Waals surface area contributed by atoms with Gasteiger partial charge >= 0.3 is 0 Å². The van der Waals surface area contributed by atoms with Gasteiger partial charge in [-0.1, -0.05) is 72.8 Å². The topological polar surface area (TPSA) is 21.7 Å². The van der Waals surface area contributed by atoms with Crippen LogP contribution >= 0.6 is 0 Å². The molecule has 0 aromatic heterocycles. The minimum absolute atomic E-state index is 0.0172. The lowest BCUT2D eigenvalue weighted by Gasteiger charge is -2.27. The third kappa shape index (κ3) is 5.29. The second kappa shape index (κ2) is 10.4. The van der Waals surface area contributed by atoms with Crippen LogP contribution in [0, 0.1) is 0 Å². The molecular weight excluding hydrogens is 370 g/mol. The molecule has 0 saturated carbocycles. The summed E-state index contributed by atoms with van der Waals surface area (Å²) < 4.78 is 11.8. The van der Waals surface area contributed by atoms with Crippen LogP contribution in [0.15, 0.2) is 84.9 Å². The lowest BCUT2D eigenvalue weighted by molar-refractivity contribution is 0.0381. The third-order valence-electron chi connectivity index (χ3n) is 6.01. The van der Waals surface area contributed by atoms with E-state index in [2.05, 4.69) is 77.7 Å². The van der Waals surface area contributed by atoms with E-state index in [0.29, 0.717) is 6.04 Å². The molecule has 3 aromatic rings. The second-order valence-corrected chi connectivity index (χ2v) is 7.96. The molecule has 1 unspecified atom stereocenters. The van der Waals surface area contributed by atoms with Gasteiger partial charge < -0.3 is 9.47 Å². The molecule has 0 aliphatic carbocycles. The van der Waals surface area contributed by atoms with Gasteiger partial charge in [-0.05, 0) is 54.6 Å². The largest absolute Gasteiger partial charge is 0.497 e. The van der Waals surface area contributed by atoms with Gasteiger partial charge in [0.05, 0.1) is 13.7 Å². The lowest BCUT2D eigenvalue weighted by atomic mass is 10.0. The standard InChI is InChI=1S/C27H31NO2/c1-29-26-16-14-22(15-17-26)18-20-28-19-8-13-25(28)21-30-27(23-9-4-2-5-10-23)24-11-6-3-7-12-24/h2-7,9-12,14-17,25,27H,8,13,18-21H2,1H3. The van der Waals surface area contributed by atoms with Crippen LogP contribution in [-0.4, -0.2) is 37.7 Å². The Morgan fingerprint density at radius 3 is 2.10 bits per heavy atom. The highest BCUT2D eigenvalue weighted by Gasteiger charge is 2.26. The van der Waals surface area contributed by atoms with E-state index >= 15 is 0 Å². The Hall–Kier alpha value is -2.62. The fraction of sp³-hybridized carbons (Fsp3) is 0.333. The summed E-state index contributed by atoms with van der Waals surface area (Å²) in [5.41, 5.74) is 3.78. The number of benzene rings is 3. The first-order valence-corrected chi connectivity index (χ1v) is 10.9. The quantitative estimate of drug-likeness (QED) is 0.472. The molecule has 3 nitrogen and oxygen atoms in total. The van der Waals surface area contributed by atoms with E-state index in [9.17, 15) is 0 Å². The number of hydrogen-bond acceptors (Lipinski definition) is 3. The molecule has 1 aliphatic rings. The van der Waals surface area contributed by atoms with Gasteiger partial charge in [0.2, 0.25) is 0 Å². The van der Waals surface area contributed by atoms with E-state index in [1.807, 2.05) is 12.1 Å². The first-order chi connectivity index (χ1) is 14.8. The Morgan fingerprint density at radius 1 is 0.867 bits per heavy atom. The first kappa shape index (κ1) is 20.6.